The van der Waals surface area contributed by atoms with E-state index in [2.05, 4.69) is 43.8 Å². The second-order valence-corrected chi connectivity index (χ2v) is 7.58. The number of nitrogens with one attached hydrogen (secondary N) is 3. The molecule has 9 heteroatoms. The minimum atomic E-state index is -0.106. The summed E-state index contributed by atoms with van der Waals surface area (Å²) in [4.78, 5) is 23.2. The number of hydrogen-bond acceptors (Lipinski definition) is 5. The molecule has 0 unspecified atom stereocenters. The quantitative estimate of drug-likeness (QED) is 0.269. The minimum absolute atomic E-state index is 0.106. The van der Waals surface area contributed by atoms with Crippen LogP contribution in [0.15, 0.2) is 57.3 Å². The maximum Gasteiger partial charge on any atom is 0.217 e. The van der Waals surface area contributed by atoms with Gasteiger partial charge < -0.3 is 25.8 Å². The van der Waals surface area contributed by atoms with E-state index in [1.54, 1.807) is 0 Å². The van der Waals surface area contributed by atoms with Crippen molar-refractivity contribution in [2.24, 2.45) is 10.7 Å². The van der Waals surface area contributed by atoms with Crippen LogP contribution >= 0.6 is 11.3 Å². The Kier molecular flexibility index (Phi) is 5.80. The third-order valence-electron chi connectivity index (χ3n) is 4.42. The standard InChI is InChI=1S/C21H22N6O2S/c1-13(28)24-11-16-6-7-19(29-16)18-12-30-21(26-18)27-20(22)23-9-8-15-10-14-4-2-3-5-17(14)25-15/h2-7,10,12,25H,8-9,11H2,1H3,(H,24,28)(H3,22,23,26,27). The number of thiazole rings is 1. The van der Waals surface area contributed by atoms with E-state index >= 15 is 0 Å². The third kappa shape index (κ3) is 4.87. The normalized spacial score (nSPS) is 11.7. The van der Waals surface area contributed by atoms with Gasteiger partial charge in [0.05, 0.1) is 6.54 Å². The Labute approximate surface area is 177 Å². The van der Waals surface area contributed by atoms with Crippen molar-refractivity contribution in [3.05, 3.63) is 59.3 Å². The highest BCUT2D eigenvalue weighted by atomic mass is 32.1. The van der Waals surface area contributed by atoms with Crippen LogP contribution in [0.2, 0.25) is 0 Å². The maximum atomic E-state index is 11.0. The molecular weight excluding hydrogens is 400 g/mol. The third-order valence-corrected chi connectivity index (χ3v) is 5.15. The summed E-state index contributed by atoms with van der Waals surface area (Å²) >= 11 is 1.38. The fourth-order valence-electron chi connectivity index (χ4n) is 2.99. The summed E-state index contributed by atoms with van der Waals surface area (Å²) in [7, 11) is 0. The lowest BCUT2D eigenvalue weighted by Crippen LogP contribution is -2.32. The molecule has 0 atom stereocenters. The molecule has 8 nitrogen and oxygen atoms in total. The van der Waals surface area contributed by atoms with E-state index in [4.69, 9.17) is 10.2 Å². The number of aliphatic imine (C=N–C) groups is 1. The first-order valence-corrected chi connectivity index (χ1v) is 10.4. The molecule has 0 aliphatic rings. The van der Waals surface area contributed by atoms with Gasteiger partial charge in [-0.2, -0.15) is 4.99 Å². The highest BCUT2D eigenvalue weighted by molar-refractivity contribution is 7.13. The van der Waals surface area contributed by atoms with E-state index < -0.39 is 0 Å². The lowest BCUT2D eigenvalue weighted by atomic mass is 10.2. The number of amides is 1. The van der Waals surface area contributed by atoms with Gasteiger partial charge in [-0.1, -0.05) is 18.2 Å². The Morgan fingerprint density at radius 2 is 2.13 bits per heavy atom. The van der Waals surface area contributed by atoms with Gasteiger partial charge in [0.25, 0.3) is 0 Å². The Balaban J connectivity index is 1.32. The number of nitrogens with two attached hydrogens (primary N) is 1. The monoisotopic (exact) mass is 422 g/mol. The van der Waals surface area contributed by atoms with Crippen molar-refractivity contribution >= 4 is 39.2 Å². The molecule has 0 bridgehead atoms. The van der Waals surface area contributed by atoms with Gasteiger partial charge in [-0.3, -0.25) is 4.79 Å². The lowest BCUT2D eigenvalue weighted by Gasteiger charge is -2.03. The number of carbonyl (C=O) groups excluding carboxylic acids is 1. The SMILES string of the molecule is CC(=O)NCc1ccc(-c2csc(/N=C(\N)NCCc3cc4ccccc4[nH]3)n2)o1. The largest absolute Gasteiger partial charge is 0.458 e. The van der Waals surface area contributed by atoms with E-state index in [1.165, 1.54) is 23.6 Å². The Bertz CT molecular complexity index is 1160. The summed E-state index contributed by atoms with van der Waals surface area (Å²) in [6.45, 7) is 2.47. The van der Waals surface area contributed by atoms with Crippen LogP contribution in [-0.2, 0) is 17.8 Å². The van der Waals surface area contributed by atoms with Crippen LogP contribution in [0.1, 0.15) is 18.4 Å². The number of aromatic amines is 1. The van der Waals surface area contributed by atoms with Crippen LogP contribution in [0.4, 0.5) is 5.13 Å². The molecule has 0 radical (unpaired) electrons. The minimum Gasteiger partial charge on any atom is -0.458 e. The Morgan fingerprint density at radius 3 is 2.97 bits per heavy atom. The number of guanidine groups is 1. The summed E-state index contributed by atoms with van der Waals surface area (Å²) < 4.78 is 5.71. The fourth-order valence-corrected chi connectivity index (χ4v) is 3.67. The molecule has 5 N–H and O–H groups in total. The van der Waals surface area contributed by atoms with E-state index in [0.717, 1.165) is 17.6 Å². The van der Waals surface area contributed by atoms with Gasteiger partial charge in [0, 0.05) is 36.5 Å². The summed E-state index contributed by atoms with van der Waals surface area (Å²) in [5.41, 5.74) is 8.94. The smallest absolute Gasteiger partial charge is 0.217 e. The van der Waals surface area contributed by atoms with E-state index in [9.17, 15) is 4.79 Å². The summed E-state index contributed by atoms with van der Waals surface area (Å²) in [5, 5.41) is 9.41. The van der Waals surface area contributed by atoms with Crippen LogP contribution < -0.4 is 16.4 Å². The highest BCUT2D eigenvalue weighted by Crippen LogP contribution is 2.28. The predicted molar refractivity (Wildman–Crippen MR) is 119 cm³/mol. The molecular formula is C21H22N6O2S. The topological polar surface area (TPSA) is 121 Å². The van der Waals surface area contributed by atoms with Gasteiger partial charge in [0.1, 0.15) is 11.5 Å². The average Bonchev–Trinajstić information content (AvgIpc) is 3.45. The summed E-state index contributed by atoms with van der Waals surface area (Å²) in [6, 6.07) is 14.0. The molecule has 0 aliphatic heterocycles. The molecule has 0 saturated heterocycles. The number of aromatic nitrogens is 2. The zero-order chi connectivity index (χ0) is 20.9. The van der Waals surface area contributed by atoms with Crippen molar-refractivity contribution in [1.29, 1.82) is 0 Å². The van der Waals surface area contributed by atoms with Gasteiger partial charge in [-0.15, -0.1) is 11.3 Å². The number of fused-ring (bicyclic) bond motifs is 1. The highest BCUT2D eigenvalue weighted by Gasteiger charge is 2.10. The molecule has 4 rings (SSSR count). The zero-order valence-electron chi connectivity index (χ0n) is 16.4. The molecule has 154 valence electrons. The van der Waals surface area contributed by atoms with Gasteiger partial charge in [0.2, 0.25) is 11.0 Å². The summed E-state index contributed by atoms with van der Waals surface area (Å²) in [6.07, 6.45) is 0.803. The Morgan fingerprint density at radius 1 is 1.27 bits per heavy atom. The number of nitrogens with zero attached hydrogens (tertiary/aromatic N) is 2. The molecule has 3 heterocycles. The molecule has 30 heavy (non-hydrogen) atoms. The molecule has 1 amide bonds. The van der Waals surface area contributed by atoms with Crippen LogP contribution in [0, 0.1) is 0 Å². The van der Waals surface area contributed by atoms with Crippen LogP contribution in [0.25, 0.3) is 22.4 Å². The summed E-state index contributed by atoms with van der Waals surface area (Å²) in [5.74, 6) is 1.50. The molecule has 0 spiro atoms. The van der Waals surface area contributed by atoms with Crippen LogP contribution in [0.5, 0.6) is 0 Å². The van der Waals surface area contributed by atoms with Gasteiger partial charge in [-0.25, -0.2) is 4.98 Å². The molecule has 4 aromatic rings. The Hall–Kier alpha value is -3.59. The number of benzene rings is 1. The number of para-hydroxylation sites is 1. The first-order chi connectivity index (χ1) is 14.6. The van der Waals surface area contributed by atoms with Crippen molar-refractivity contribution < 1.29 is 9.21 Å². The van der Waals surface area contributed by atoms with Crippen LogP contribution in [-0.4, -0.2) is 28.4 Å². The van der Waals surface area contributed by atoms with Crippen molar-refractivity contribution in [3.63, 3.8) is 0 Å². The fraction of sp³-hybridized carbons (Fsp3) is 0.190. The second-order valence-electron chi connectivity index (χ2n) is 6.75. The van der Waals surface area contributed by atoms with E-state index in [0.29, 0.717) is 41.4 Å². The average molecular weight is 423 g/mol. The van der Waals surface area contributed by atoms with Crippen molar-refractivity contribution in [2.75, 3.05) is 6.54 Å². The molecule has 0 fully saturated rings. The van der Waals surface area contributed by atoms with E-state index in [1.807, 2.05) is 29.6 Å². The maximum absolute atomic E-state index is 11.0. The van der Waals surface area contributed by atoms with Crippen molar-refractivity contribution in [1.82, 2.24) is 20.6 Å². The molecule has 0 aliphatic carbocycles. The number of H-pyrrole nitrogens is 1. The van der Waals surface area contributed by atoms with E-state index in [-0.39, 0.29) is 5.91 Å². The molecule has 1 aromatic carbocycles. The van der Waals surface area contributed by atoms with Crippen molar-refractivity contribution in [3.8, 4) is 11.5 Å². The first kappa shape index (κ1) is 19.7. The van der Waals surface area contributed by atoms with Gasteiger partial charge >= 0.3 is 0 Å². The lowest BCUT2D eigenvalue weighted by molar-refractivity contribution is -0.119. The van der Waals surface area contributed by atoms with Crippen LogP contribution in [0.3, 0.4) is 0 Å². The van der Waals surface area contributed by atoms with Gasteiger partial charge in [-0.05, 0) is 29.7 Å². The molecule has 0 saturated carbocycles. The number of carbonyl (C=O) groups is 1. The van der Waals surface area contributed by atoms with Crippen molar-refractivity contribution in [2.45, 2.75) is 19.9 Å². The number of furan rings is 1. The molecule has 3 aromatic heterocycles. The number of hydrogen-bond donors (Lipinski definition) is 4. The second kappa shape index (κ2) is 8.83. The first-order valence-electron chi connectivity index (χ1n) is 9.50. The van der Waals surface area contributed by atoms with Gasteiger partial charge in [0.15, 0.2) is 11.7 Å². The predicted octanol–water partition coefficient (Wildman–Crippen LogP) is 3.30. The number of rotatable bonds is 7. The zero-order valence-corrected chi connectivity index (χ0v) is 17.3.